The number of fused-ring (bicyclic) bond motifs is 2. The van der Waals surface area contributed by atoms with Crippen molar-refractivity contribution >= 4 is 30.0 Å². The van der Waals surface area contributed by atoms with Crippen molar-refractivity contribution in [1.82, 2.24) is 0 Å². The van der Waals surface area contributed by atoms with Crippen molar-refractivity contribution in [2.24, 2.45) is 11.3 Å². The number of phenolic OH excluding ortho intramolecular Hbond substituents is 1. The van der Waals surface area contributed by atoms with Gasteiger partial charge in [-0.1, -0.05) is 32.1 Å². The number of hydrogen-bond donors (Lipinski definition) is 1. The molecule has 0 saturated heterocycles. The maximum atomic E-state index is 10.9. The number of nitro benzene ring substituents is 1. The Morgan fingerprint density at radius 1 is 0.950 bits per heavy atom. The molecule has 0 spiro atoms. The standard InChI is InChI=1S/C33H35NO6/c1-33(2)15-5-6-29-27(33)20-24-16-22(19-31(39-4)32(24)40-29)7-8-23-17-28(35)26(30(18-23)38-3)14-11-21-9-12-25(13-10-21)34(36)37/h7-14,16-19,27,29,35H,5-6,15,20H2,1-4H3/b8-7+,14-11+. The van der Waals surface area contributed by atoms with Gasteiger partial charge in [0.05, 0.1) is 24.7 Å². The molecule has 2 unspecified atom stereocenters. The van der Waals surface area contributed by atoms with E-state index in [0.29, 0.717) is 17.2 Å². The molecular weight excluding hydrogens is 506 g/mol. The molecule has 3 aromatic rings. The summed E-state index contributed by atoms with van der Waals surface area (Å²) in [5.74, 6) is 2.66. The number of hydrogen-bond acceptors (Lipinski definition) is 6. The minimum Gasteiger partial charge on any atom is -0.507 e. The van der Waals surface area contributed by atoms with E-state index >= 15 is 0 Å². The van der Waals surface area contributed by atoms with Crippen LogP contribution in [0.3, 0.4) is 0 Å². The smallest absolute Gasteiger partial charge is 0.269 e. The predicted octanol–water partition coefficient (Wildman–Crippen LogP) is 7.79. The van der Waals surface area contributed by atoms with E-state index in [0.717, 1.165) is 41.0 Å². The molecule has 2 atom stereocenters. The average Bonchev–Trinajstić information content (AvgIpc) is 2.94. The molecule has 7 heteroatoms. The topological polar surface area (TPSA) is 91.1 Å². The number of non-ortho nitro benzene ring substituents is 1. The third kappa shape index (κ3) is 5.55. The molecular formula is C33H35NO6. The van der Waals surface area contributed by atoms with Crippen molar-refractivity contribution in [3.63, 3.8) is 0 Å². The molecule has 1 saturated carbocycles. The molecule has 7 nitrogen and oxygen atoms in total. The van der Waals surface area contributed by atoms with Gasteiger partial charge < -0.3 is 19.3 Å². The van der Waals surface area contributed by atoms with Gasteiger partial charge in [0.1, 0.15) is 17.6 Å². The monoisotopic (exact) mass is 541 g/mol. The Hall–Kier alpha value is -4.26. The summed E-state index contributed by atoms with van der Waals surface area (Å²) >= 11 is 0. The number of nitro groups is 1. The minimum atomic E-state index is -0.435. The van der Waals surface area contributed by atoms with Gasteiger partial charge in [0.25, 0.3) is 5.69 Å². The second kappa shape index (κ2) is 11.1. The molecule has 0 bridgehead atoms. The number of phenols is 1. The van der Waals surface area contributed by atoms with Crippen molar-refractivity contribution in [2.45, 2.75) is 45.6 Å². The SMILES string of the molecule is COc1cc(/C=C/c2cc3c(c(OC)c2)OC2CCCC(C)(C)C2C3)cc(O)c1/C=C/c1ccc([N+](=O)[O-])cc1. The number of aromatic hydroxyl groups is 1. The van der Waals surface area contributed by atoms with Crippen molar-refractivity contribution in [3.05, 3.63) is 86.5 Å². The van der Waals surface area contributed by atoms with Gasteiger partial charge in [0.15, 0.2) is 11.5 Å². The summed E-state index contributed by atoms with van der Waals surface area (Å²) in [5, 5.41) is 21.7. The van der Waals surface area contributed by atoms with E-state index in [4.69, 9.17) is 14.2 Å². The van der Waals surface area contributed by atoms with Crippen LogP contribution in [0.15, 0.2) is 48.5 Å². The highest BCUT2D eigenvalue weighted by Crippen LogP contribution is 2.50. The summed E-state index contributed by atoms with van der Waals surface area (Å²) in [6.07, 6.45) is 12.1. The van der Waals surface area contributed by atoms with Crippen LogP contribution < -0.4 is 14.2 Å². The Bertz CT molecular complexity index is 1470. The van der Waals surface area contributed by atoms with Gasteiger partial charge in [-0.15, -0.1) is 0 Å². The summed E-state index contributed by atoms with van der Waals surface area (Å²) in [7, 11) is 3.23. The maximum absolute atomic E-state index is 10.9. The molecule has 0 aromatic heterocycles. The van der Waals surface area contributed by atoms with Crippen LogP contribution >= 0.6 is 0 Å². The minimum absolute atomic E-state index is 0.0276. The summed E-state index contributed by atoms with van der Waals surface area (Å²) in [5.41, 5.74) is 4.50. The summed E-state index contributed by atoms with van der Waals surface area (Å²) in [6, 6.07) is 13.9. The first-order valence-electron chi connectivity index (χ1n) is 13.6. The molecule has 40 heavy (non-hydrogen) atoms. The highest BCUT2D eigenvalue weighted by atomic mass is 16.6. The Morgan fingerprint density at radius 2 is 1.60 bits per heavy atom. The van der Waals surface area contributed by atoms with Gasteiger partial charge in [0.2, 0.25) is 0 Å². The molecule has 1 heterocycles. The molecule has 5 rings (SSSR count). The Labute approximate surface area is 234 Å². The molecule has 1 aliphatic carbocycles. The van der Waals surface area contributed by atoms with Crippen LogP contribution in [0.4, 0.5) is 5.69 Å². The van der Waals surface area contributed by atoms with Gasteiger partial charge in [-0.3, -0.25) is 10.1 Å². The summed E-state index contributed by atoms with van der Waals surface area (Å²) in [6.45, 7) is 4.70. The van der Waals surface area contributed by atoms with E-state index in [9.17, 15) is 15.2 Å². The van der Waals surface area contributed by atoms with E-state index in [2.05, 4.69) is 19.9 Å². The lowest BCUT2D eigenvalue weighted by atomic mass is 9.64. The number of methoxy groups -OCH3 is 2. The third-order valence-electron chi connectivity index (χ3n) is 8.22. The van der Waals surface area contributed by atoms with Gasteiger partial charge in [-0.05, 0) is 95.8 Å². The second-order valence-electron chi connectivity index (χ2n) is 11.2. The van der Waals surface area contributed by atoms with Crippen molar-refractivity contribution in [3.8, 4) is 23.0 Å². The third-order valence-corrected chi connectivity index (χ3v) is 8.22. The Morgan fingerprint density at radius 3 is 2.27 bits per heavy atom. The highest BCUT2D eigenvalue weighted by Gasteiger charge is 2.43. The second-order valence-corrected chi connectivity index (χ2v) is 11.2. The van der Waals surface area contributed by atoms with Crippen LogP contribution in [0, 0.1) is 21.4 Å². The Balaban J connectivity index is 1.39. The Kier molecular flexibility index (Phi) is 7.57. The average molecular weight is 542 g/mol. The predicted molar refractivity (Wildman–Crippen MR) is 158 cm³/mol. The lowest BCUT2D eigenvalue weighted by Gasteiger charge is -2.47. The molecule has 1 aliphatic heterocycles. The zero-order valence-corrected chi connectivity index (χ0v) is 23.3. The van der Waals surface area contributed by atoms with Gasteiger partial charge in [-0.25, -0.2) is 0 Å². The molecule has 0 amide bonds. The quantitative estimate of drug-likeness (QED) is 0.187. The zero-order valence-electron chi connectivity index (χ0n) is 23.3. The van der Waals surface area contributed by atoms with Gasteiger partial charge >= 0.3 is 0 Å². The molecule has 1 N–H and O–H groups in total. The first kappa shape index (κ1) is 27.3. The molecule has 2 aliphatic rings. The lowest BCUT2D eigenvalue weighted by molar-refractivity contribution is -0.384. The number of benzene rings is 3. The normalized spacial score (nSPS) is 19.6. The van der Waals surface area contributed by atoms with Crippen LogP contribution in [0.5, 0.6) is 23.0 Å². The number of ether oxygens (including phenoxy) is 3. The van der Waals surface area contributed by atoms with Crippen LogP contribution in [-0.4, -0.2) is 30.4 Å². The van der Waals surface area contributed by atoms with Crippen molar-refractivity contribution in [1.29, 1.82) is 0 Å². The fourth-order valence-corrected chi connectivity index (χ4v) is 5.95. The van der Waals surface area contributed by atoms with E-state index in [1.165, 1.54) is 30.5 Å². The number of rotatable bonds is 7. The summed E-state index contributed by atoms with van der Waals surface area (Å²) in [4.78, 5) is 10.5. The van der Waals surface area contributed by atoms with E-state index in [-0.39, 0.29) is 23.0 Å². The van der Waals surface area contributed by atoms with E-state index in [1.807, 2.05) is 24.3 Å². The largest absolute Gasteiger partial charge is 0.507 e. The first-order valence-corrected chi connectivity index (χ1v) is 13.6. The van der Waals surface area contributed by atoms with Crippen molar-refractivity contribution in [2.75, 3.05) is 14.2 Å². The maximum Gasteiger partial charge on any atom is 0.269 e. The fourth-order valence-electron chi connectivity index (χ4n) is 5.95. The van der Waals surface area contributed by atoms with Crippen LogP contribution in [0.1, 0.15) is 60.9 Å². The molecule has 208 valence electrons. The summed E-state index contributed by atoms with van der Waals surface area (Å²) < 4.78 is 17.8. The molecule has 0 radical (unpaired) electrons. The van der Waals surface area contributed by atoms with Gasteiger partial charge in [0, 0.05) is 18.1 Å². The van der Waals surface area contributed by atoms with E-state index < -0.39 is 4.92 Å². The van der Waals surface area contributed by atoms with E-state index in [1.54, 1.807) is 44.6 Å². The highest BCUT2D eigenvalue weighted by molar-refractivity contribution is 5.79. The zero-order chi connectivity index (χ0) is 28.4. The van der Waals surface area contributed by atoms with Crippen molar-refractivity contribution < 1.29 is 24.2 Å². The van der Waals surface area contributed by atoms with Gasteiger partial charge in [-0.2, -0.15) is 0 Å². The van der Waals surface area contributed by atoms with Crippen LogP contribution in [0.2, 0.25) is 0 Å². The molecule has 3 aromatic carbocycles. The lowest BCUT2D eigenvalue weighted by Crippen LogP contribution is -2.45. The number of nitrogens with zero attached hydrogens (tertiary/aromatic N) is 1. The fraction of sp³-hybridized carbons (Fsp3) is 0.333. The first-order chi connectivity index (χ1) is 19.2. The molecule has 1 fully saturated rings. The van der Waals surface area contributed by atoms with Crippen LogP contribution in [0.25, 0.3) is 24.3 Å². The van der Waals surface area contributed by atoms with Crippen LogP contribution in [-0.2, 0) is 6.42 Å².